The first kappa shape index (κ1) is 20.6. The van der Waals surface area contributed by atoms with Gasteiger partial charge in [0.2, 0.25) is 0 Å². The molecule has 0 aliphatic carbocycles. The molecule has 0 aliphatic rings. The van der Waals surface area contributed by atoms with Crippen molar-refractivity contribution in [3.63, 3.8) is 0 Å². The molecule has 10 heteroatoms. The van der Waals surface area contributed by atoms with Gasteiger partial charge in [0, 0.05) is 5.69 Å². The number of halogens is 2. The van der Waals surface area contributed by atoms with Crippen LogP contribution in [0.25, 0.3) is 0 Å². The third-order valence-electron chi connectivity index (χ3n) is 3.47. The van der Waals surface area contributed by atoms with Crippen molar-refractivity contribution < 1.29 is 27.8 Å². The van der Waals surface area contributed by atoms with Gasteiger partial charge in [-0.3, -0.25) is 4.79 Å². The highest BCUT2D eigenvalue weighted by molar-refractivity contribution is 8.00. The Morgan fingerprint density at radius 2 is 2.00 bits per heavy atom. The number of ketones is 1. The molecule has 0 spiro atoms. The number of H-pyrrole nitrogens is 1. The number of rotatable bonds is 7. The molecule has 0 radical (unpaired) electrons. The maximum atomic E-state index is 12.5. The first-order valence-electron chi connectivity index (χ1n) is 7.63. The zero-order chi connectivity index (χ0) is 20.1. The van der Waals surface area contributed by atoms with Crippen LogP contribution in [0.5, 0.6) is 5.75 Å². The summed E-state index contributed by atoms with van der Waals surface area (Å²) in [6.45, 7) is 0.124. The molecule has 2 rings (SSSR count). The highest BCUT2D eigenvalue weighted by Crippen LogP contribution is 2.27. The lowest BCUT2D eigenvalue weighted by molar-refractivity contribution is -0.0501. The lowest BCUT2D eigenvalue weighted by Gasteiger charge is -2.11. The Balaban J connectivity index is 2.30. The first-order valence-corrected chi connectivity index (χ1v) is 8.62. The molecule has 0 saturated carbocycles. The largest absolute Gasteiger partial charge is 0.465 e. The molecule has 0 bridgehead atoms. The van der Waals surface area contributed by atoms with Gasteiger partial charge in [0.15, 0.2) is 5.78 Å². The summed E-state index contributed by atoms with van der Waals surface area (Å²) in [5.41, 5.74) is 0.249. The standard InChI is InChI=1S/C17H16F2N2O5S/c1-8-4-5-12(26-16(18)19)10(6-8)11(22)7-27-14-13(15(23)25-3)9(2)20-17(24)21-14/h4-6,16H,7H2,1-3H3,(H,20,21,24). The van der Waals surface area contributed by atoms with Gasteiger partial charge in [-0.2, -0.15) is 13.8 Å². The van der Waals surface area contributed by atoms with Crippen LogP contribution in [-0.4, -0.2) is 41.2 Å². The number of aryl methyl sites for hydroxylation is 2. The average Bonchev–Trinajstić information content (AvgIpc) is 2.59. The molecule has 0 fully saturated rings. The second-order valence-electron chi connectivity index (χ2n) is 5.43. The van der Waals surface area contributed by atoms with Crippen LogP contribution in [0.4, 0.5) is 8.78 Å². The van der Waals surface area contributed by atoms with Gasteiger partial charge in [-0.1, -0.05) is 23.4 Å². The van der Waals surface area contributed by atoms with E-state index < -0.39 is 24.1 Å². The Kier molecular flexibility index (Phi) is 6.67. The van der Waals surface area contributed by atoms with E-state index in [1.54, 1.807) is 13.0 Å². The second-order valence-corrected chi connectivity index (χ2v) is 6.39. The molecule has 1 heterocycles. The van der Waals surface area contributed by atoms with E-state index >= 15 is 0 Å². The molecule has 2 aromatic rings. The van der Waals surface area contributed by atoms with E-state index in [4.69, 9.17) is 0 Å². The van der Waals surface area contributed by atoms with E-state index in [1.807, 2.05) is 0 Å². The van der Waals surface area contributed by atoms with E-state index in [9.17, 15) is 23.2 Å². The van der Waals surface area contributed by atoms with Crippen molar-refractivity contribution in [2.45, 2.75) is 25.5 Å². The summed E-state index contributed by atoms with van der Waals surface area (Å²) in [4.78, 5) is 42.1. The van der Waals surface area contributed by atoms with Crippen LogP contribution >= 0.6 is 11.8 Å². The number of hydrogen-bond acceptors (Lipinski definition) is 7. The van der Waals surface area contributed by atoms with Gasteiger partial charge in [-0.15, -0.1) is 0 Å². The third kappa shape index (κ3) is 5.13. The summed E-state index contributed by atoms with van der Waals surface area (Å²) in [5, 5.41) is 0.0143. The first-order chi connectivity index (χ1) is 12.7. The van der Waals surface area contributed by atoms with Crippen molar-refractivity contribution in [1.29, 1.82) is 0 Å². The highest BCUT2D eigenvalue weighted by atomic mass is 32.2. The predicted octanol–water partition coefficient (Wildman–Crippen LogP) is 2.75. The molecule has 1 N–H and O–H groups in total. The molecule has 0 atom stereocenters. The third-order valence-corrected chi connectivity index (χ3v) is 4.44. The van der Waals surface area contributed by atoms with Gasteiger partial charge in [-0.05, 0) is 26.0 Å². The van der Waals surface area contributed by atoms with Crippen molar-refractivity contribution >= 4 is 23.5 Å². The number of thioether (sulfide) groups is 1. The van der Waals surface area contributed by atoms with E-state index in [1.165, 1.54) is 26.2 Å². The van der Waals surface area contributed by atoms with Crippen molar-refractivity contribution in [1.82, 2.24) is 9.97 Å². The van der Waals surface area contributed by atoms with Crippen LogP contribution in [-0.2, 0) is 4.74 Å². The molecule has 1 aromatic heterocycles. The minimum atomic E-state index is -3.07. The number of alkyl halides is 2. The van der Waals surface area contributed by atoms with Crippen molar-refractivity contribution in [2.24, 2.45) is 0 Å². The number of nitrogens with zero attached hydrogens (tertiary/aromatic N) is 1. The molecule has 0 aliphatic heterocycles. The number of nitrogens with one attached hydrogen (secondary N) is 1. The van der Waals surface area contributed by atoms with Crippen LogP contribution < -0.4 is 10.4 Å². The maximum Gasteiger partial charge on any atom is 0.387 e. The molecular formula is C17H16F2N2O5S. The Morgan fingerprint density at radius 3 is 2.63 bits per heavy atom. The molecule has 0 amide bonds. The van der Waals surface area contributed by atoms with Crippen molar-refractivity contribution in [3.05, 3.63) is 51.1 Å². The summed E-state index contributed by atoms with van der Waals surface area (Å²) >= 11 is 0.831. The van der Waals surface area contributed by atoms with Gasteiger partial charge in [0.25, 0.3) is 0 Å². The molecule has 0 saturated heterocycles. The monoisotopic (exact) mass is 398 g/mol. The number of carbonyl (C=O) groups excluding carboxylic acids is 2. The number of Topliss-reactive ketones (excluding diaryl/α,β-unsaturated/α-hetero) is 1. The minimum absolute atomic E-state index is 0.0143. The zero-order valence-electron chi connectivity index (χ0n) is 14.7. The van der Waals surface area contributed by atoms with E-state index in [-0.39, 0.29) is 33.3 Å². The lowest BCUT2D eigenvalue weighted by atomic mass is 10.1. The molecular weight excluding hydrogens is 382 g/mol. The summed E-state index contributed by atoms with van der Waals surface area (Å²) in [7, 11) is 1.17. The summed E-state index contributed by atoms with van der Waals surface area (Å²) in [6.07, 6.45) is 0. The topological polar surface area (TPSA) is 98.3 Å². The van der Waals surface area contributed by atoms with Crippen LogP contribution in [0.15, 0.2) is 28.0 Å². The van der Waals surface area contributed by atoms with Crippen LogP contribution in [0.2, 0.25) is 0 Å². The molecule has 144 valence electrons. The van der Waals surface area contributed by atoms with Gasteiger partial charge in [-0.25, -0.2) is 9.59 Å². The Bertz CT molecular complexity index is 930. The SMILES string of the molecule is COC(=O)c1c(SCC(=O)c2cc(C)ccc2OC(F)F)nc(=O)[nH]c1C. The summed E-state index contributed by atoms with van der Waals surface area (Å²) in [5.74, 6) is -1.73. The smallest absolute Gasteiger partial charge is 0.387 e. The fraction of sp³-hybridized carbons (Fsp3) is 0.294. The zero-order valence-corrected chi connectivity index (χ0v) is 15.5. The number of carbonyl (C=O) groups is 2. The molecule has 7 nitrogen and oxygen atoms in total. The quantitative estimate of drug-likeness (QED) is 0.331. The number of aromatic amines is 1. The maximum absolute atomic E-state index is 12.5. The number of methoxy groups -OCH3 is 1. The average molecular weight is 398 g/mol. The van der Waals surface area contributed by atoms with Gasteiger partial charge < -0.3 is 14.5 Å². The molecule has 0 unspecified atom stereocenters. The number of ether oxygens (including phenoxy) is 2. The van der Waals surface area contributed by atoms with E-state index in [0.29, 0.717) is 5.56 Å². The number of hydrogen-bond donors (Lipinski definition) is 1. The van der Waals surface area contributed by atoms with Crippen molar-refractivity contribution in [2.75, 3.05) is 12.9 Å². The van der Waals surface area contributed by atoms with Gasteiger partial charge in [0.1, 0.15) is 16.3 Å². The second kappa shape index (κ2) is 8.76. The van der Waals surface area contributed by atoms with E-state index in [0.717, 1.165) is 11.8 Å². The van der Waals surface area contributed by atoms with Gasteiger partial charge >= 0.3 is 18.3 Å². The van der Waals surface area contributed by atoms with Crippen LogP contribution in [0, 0.1) is 13.8 Å². The Hall–Kier alpha value is -2.75. The fourth-order valence-corrected chi connectivity index (χ4v) is 3.23. The minimum Gasteiger partial charge on any atom is -0.465 e. The van der Waals surface area contributed by atoms with Gasteiger partial charge in [0.05, 0.1) is 18.4 Å². The highest BCUT2D eigenvalue weighted by Gasteiger charge is 2.21. The number of benzene rings is 1. The normalized spacial score (nSPS) is 10.7. The number of aromatic nitrogens is 2. The lowest BCUT2D eigenvalue weighted by Crippen LogP contribution is -2.19. The Morgan fingerprint density at radius 1 is 1.30 bits per heavy atom. The summed E-state index contributed by atoms with van der Waals surface area (Å²) in [6, 6.07) is 4.26. The van der Waals surface area contributed by atoms with Crippen LogP contribution in [0.3, 0.4) is 0 Å². The summed E-state index contributed by atoms with van der Waals surface area (Å²) < 4.78 is 34.1. The molecule has 1 aromatic carbocycles. The fourth-order valence-electron chi connectivity index (χ4n) is 2.28. The van der Waals surface area contributed by atoms with E-state index in [2.05, 4.69) is 19.4 Å². The Labute approximate surface area is 157 Å². The molecule has 27 heavy (non-hydrogen) atoms. The van der Waals surface area contributed by atoms with Crippen LogP contribution in [0.1, 0.15) is 32.0 Å². The number of esters is 1. The predicted molar refractivity (Wildman–Crippen MR) is 93.8 cm³/mol. The van der Waals surface area contributed by atoms with Crippen molar-refractivity contribution in [3.8, 4) is 5.75 Å².